The molecule has 5 nitrogen and oxygen atoms in total. The Bertz CT molecular complexity index is 758. The van der Waals surface area contributed by atoms with Crippen molar-refractivity contribution in [3.05, 3.63) is 53.7 Å². The second-order valence-electron chi connectivity index (χ2n) is 6.25. The molecule has 132 valence electrons. The summed E-state index contributed by atoms with van der Waals surface area (Å²) in [7, 11) is 0. The number of carbonyl (C=O) groups excluding carboxylic acids is 2. The van der Waals surface area contributed by atoms with Crippen molar-refractivity contribution >= 4 is 17.5 Å². The lowest BCUT2D eigenvalue weighted by Crippen LogP contribution is -2.34. The number of benzene rings is 1. The molecule has 0 bridgehead atoms. The third-order valence-corrected chi connectivity index (χ3v) is 4.41. The van der Waals surface area contributed by atoms with Crippen LogP contribution in [0.5, 0.6) is 0 Å². The zero-order chi connectivity index (χ0) is 17.8. The second kappa shape index (κ2) is 7.51. The fourth-order valence-corrected chi connectivity index (χ4v) is 3.24. The summed E-state index contributed by atoms with van der Waals surface area (Å²) in [6.07, 6.45) is 5.44. The monoisotopic (exact) mass is 344 g/mol. The lowest BCUT2D eigenvalue weighted by atomic mass is 10.1. The molecule has 2 aromatic rings. The fourth-order valence-electron chi connectivity index (χ4n) is 3.24. The molecule has 0 spiro atoms. The predicted molar refractivity (Wildman–Crippen MR) is 91.7 cm³/mol. The van der Waals surface area contributed by atoms with Crippen LogP contribution in [0.1, 0.15) is 54.8 Å². The molecular formula is C19H21FN2O3. The summed E-state index contributed by atoms with van der Waals surface area (Å²) in [4.78, 5) is 26.1. The molecule has 3 rings (SSSR count). The van der Waals surface area contributed by atoms with Gasteiger partial charge in [-0.25, -0.2) is 4.39 Å². The third-order valence-electron chi connectivity index (χ3n) is 4.41. The van der Waals surface area contributed by atoms with E-state index in [0.29, 0.717) is 12.1 Å². The van der Waals surface area contributed by atoms with E-state index in [1.54, 1.807) is 11.2 Å². The number of hydrogen-bond acceptors (Lipinski definition) is 3. The number of nitrogens with one attached hydrogen (secondary N) is 1. The van der Waals surface area contributed by atoms with Gasteiger partial charge in [-0.15, -0.1) is 0 Å². The maximum atomic E-state index is 13.8. The number of carbonyl (C=O) groups is 2. The SMILES string of the molecule is CC(=O)Nc1cc(C(=O)N2CCCCCC2c2ccco2)ccc1F. The minimum absolute atomic E-state index is 0.0164. The van der Waals surface area contributed by atoms with E-state index in [-0.39, 0.29) is 23.5 Å². The quantitative estimate of drug-likeness (QED) is 0.910. The Morgan fingerprint density at radius 3 is 2.80 bits per heavy atom. The highest BCUT2D eigenvalue weighted by Crippen LogP contribution is 2.32. The van der Waals surface area contributed by atoms with Gasteiger partial charge in [0, 0.05) is 19.0 Å². The summed E-state index contributed by atoms with van der Waals surface area (Å²) in [6, 6.07) is 7.62. The summed E-state index contributed by atoms with van der Waals surface area (Å²) >= 11 is 0. The molecule has 1 atom stereocenters. The maximum Gasteiger partial charge on any atom is 0.254 e. The van der Waals surface area contributed by atoms with Crippen LogP contribution in [0.15, 0.2) is 41.0 Å². The number of furan rings is 1. The average Bonchev–Trinajstić information content (AvgIpc) is 3.00. The number of rotatable bonds is 3. The van der Waals surface area contributed by atoms with Gasteiger partial charge in [0.05, 0.1) is 18.0 Å². The highest BCUT2D eigenvalue weighted by Gasteiger charge is 2.29. The molecule has 2 amide bonds. The molecule has 6 heteroatoms. The van der Waals surface area contributed by atoms with Crippen LogP contribution in [0.4, 0.5) is 10.1 Å². The van der Waals surface area contributed by atoms with Crippen molar-refractivity contribution in [2.45, 2.75) is 38.6 Å². The Hall–Kier alpha value is -2.63. The number of amides is 2. The normalized spacial score (nSPS) is 17.8. The Labute approximate surface area is 145 Å². The Balaban J connectivity index is 1.90. The lowest BCUT2D eigenvalue weighted by molar-refractivity contribution is -0.114. The van der Waals surface area contributed by atoms with Gasteiger partial charge in [0.1, 0.15) is 11.6 Å². The van der Waals surface area contributed by atoms with Gasteiger partial charge in [0.25, 0.3) is 5.91 Å². The first-order chi connectivity index (χ1) is 12.1. The zero-order valence-electron chi connectivity index (χ0n) is 14.1. The molecule has 1 aliphatic rings. The first-order valence-corrected chi connectivity index (χ1v) is 8.48. The van der Waals surface area contributed by atoms with E-state index in [2.05, 4.69) is 5.32 Å². The summed E-state index contributed by atoms with van der Waals surface area (Å²) in [5.74, 6) is -0.369. The Morgan fingerprint density at radius 1 is 1.24 bits per heavy atom. The van der Waals surface area contributed by atoms with Crippen molar-refractivity contribution in [3.8, 4) is 0 Å². The molecule has 0 radical (unpaired) electrons. The topological polar surface area (TPSA) is 62.6 Å². The van der Waals surface area contributed by atoms with Crippen molar-refractivity contribution in [2.75, 3.05) is 11.9 Å². The molecule has 0 saturated carbocycles. The molecule has 2 heterocycles. The van der Waals surface area contributed by atoms with Crippen LogP contribution in [0.25, 0.3) is 0 Å². The smallest absolute Gasteiger partial charge is 0.254 e. The fraction of sp³-hybridized carbons (Fsp3) is 0.368. The molecule has 0 aliphatic carbocycles. The van der Waals surface area contributed by atoms with E-state index in [4.69, 9.17) is 4.42 Å². The molecular weight excluding hydrogens is 323 g/mol. The van der Waals surface area contributed by atoms with Crippen LogP contribution in [0, 0.1) is 5.82 Å². The van der Waals surface area contributed by atoms with E-state index >= 15 is 0 Å². The molecule has 1 unspecified atom stereocenters. The van der Waals surface area contributed by atoms with Crippen molar-refractivity contribution in [1.29, 1.82) is 0 Å². The molecule has 1 N–H and O–H groups in total. The average molecular weight is 344 g/mol. The van der Waals surface area contributed by atoms with Gasteiger partial charge in [-0.2, -0.15) is 0 Å². The van der Waals surface area contributed by atoms with Gasteiger partial charge in [-0.05, 0) is 43.2 Å². The van der Waals surface area contributed by atoms with Crippen LogP contribution >= 0.6 is 0 Å². The van der Waals surface area contributed by atoms with Crippen LogP contribution in [-0.4, -0.2) is 23.3 Å². The van der Waals surface area contributed by atoms with Crippen molar-refractivity contribution in [2.24, 2.45) is 0 Å². The second-order valence-corrected chi connectivity index (χ2v) is 6.25. The molecule has 1 aliphatic heterocycles. The molecule has 25 heavy (non-hydrogen) atoms. The number of anilines is 1. The van der Waals surface area contributed by atoms with Crippen molar-refractivity contribution in [3.63, 3.8) is 0 Å². The van der Waals surface area contributed by atoms with Gasteiger partial charge >= 0.3 is 0 Å². The van der Waals surface area contributed by atoms with Gasteiger partial charge in [0.2, 0.25) is 5.91 Å². The van der Waals surface area contributed by atoms with Crippen LogP contribution in [-0.2, 0) is 4.79 Å². The highest BCUT2D eigenvalue weighted by atomic mass is 19.1. The largest absolute Gasteiger partial charge is 0.467 e. The first kappa shape index (κ1) is 17.2. The van der Waals surface area contributed by atoms with Crippen molar-refractivity contribution in [1.82, 2.24) is 4.90 Å². The summed E-state index contributed by atoms with van der Waals surface area (Å²) < 4.78 is 19.4. The van der Waals surface area contributed by atoms with E-state index in [1.165, 1.54) is 25.1 Å². The highest BCUT2D eigenvalue weighted by molar-refractivity contribution is 5.97. The minimum atomic E-state index is -0.565. The van der Waals surface area contributed by atoms with Crippen molar-refractivity contribution < 1.29 is 18.4 Å². The van der Waals surface area contributed by atoms with Gasteiger partial charge < -0.3 is 14.6 Å². The molecule has 1 aromatic heterocycles. The van der Waals surface area contributed by atoms with Gasteiger partial charge in [0.15, 0.2) is 0 Å². The standard InChI is InChI=1S/C19H21FN2O3/c1-13(23)21-16-12-14(8-9-15(16)20)19(24)22-10-4-2-3-6-17(22)18-7-5-11-25-18/h5,7-9,11-12,17H,2-4,6,10H2,1H3,(H,21,23). The van der Waals surface area contributed by atoms with E-state index in [0.717, 1.165) is 31.4 Å². The van der Waals surface area contributed by atoms with E-state index in [9.17, 15) is 14.0 Å². The Morgan fingerprint density at radius 2 is 2.08 bits per heavy atom. The zero-order valence-corrected chi connectivity index (χ0v) is 14.1. The lowest BCUT2D eigenvalue weighted by Gasteiger charge is -2.29. The number of likely N-dealkylation sites (tertiary alicyclic amines) is 1. The third kappa shape index (κ3) is 3.90. The number of hydrogen-bond donors (Lipinski definition) is 1. The van der Waals surface area contributed by atoms with Gasteiger partial charge in [-0.1, -0.05) is 12.8 Å². The van der Waals surface area contributed by atoms with Crippen LogP contribution in [0.3, 0.4) is 0 Å². The van der Waals surface area contributed by atoms with E-state index in [1.807, 2.05) is 12.1 Å². The maximum absolute atomic E-state index is 13.8. The summed E-state index contributed by atoms with van der Waals surface area (Å²) in [5.41, 5.74) is 0.367. The summed E-state index contributed by atoms with van der Waals surface area (Å²) in [5, 5.41) is 2.42. The molecule has 1 fully saturated rings. The van der Waals surface area contributed by atoms with E-state index < -0.39 is 5.82 Å². The predicted octanol–water partition coefficient (Wildman–Crippen LogP) is 4.13. The summed E-state index contributed by atoms with van der Waals surface area (Å²) in [6.45, 7) is 1.92. The van der Waals surface area contributed by atoms with Crippen LogP contribution < -0.4 is 5.32 Å². The number of nitrogens with zero attached hydrogens (tertiary/aromatic N) is 1. The van der Waals surface area contributed by atoms with Crippen LogP contribution in [0.2, 0.25) is 0 Å². The minimum Gasteiger partial charge on any atom is -0.467 e. The number of halogens is 1. The van der Waals surface area contributed by atoms with Gasteiger partial charge in [-0.3, -0.25) is 9.59 Å². The Kier molecular flexibility index (Phi) is 5.16. The molecule has 1 saturated heterocycles. The first-order valence-electron chi connectivity index (χ1n) is 8.48. The molecule has 1 aromatic carbocycles.